The monoisotopic (exact) mass is 370 g/mol. The average Bonchev–Trinajstić information content (AvgIpc) is 2.50. The molecule has 0 aliphatic rings. The zero-order valence-electron chi connectivity index (χ0n) is 16.7. The van der Waals surface area contributed by atoms with Gasteiger partial charge in [0, 0.05) is 0 Å². The van der Waals surface area contributed by atoms with Crippen LogP contribution in [0, 0.1) is 13.3 Å². The molecule has 0 bridgehead atoms. The molecule has 0 aliphatic heterocycles. The van der Waals surface area contributed by atoms with Crippen LogP contribution in [0.1, 0.15) is 90.0 Å². The molecule has 0 amide bonds. The number of unbranched alkanes of at least 4 members (excludes halogenated alkanes) is 9. The maximum Gasteiger partial charge on any atom is 2.00 e. The van der Waals surface area contributed by atoms with Crippen molar-refractivity contribution in [3.63, 3.8) is 0 Å². The minimum absolute atomic E-state index is 0. The Hall–Kier alpha value is 1.15. The van der Waals surface area contributed by atoms with Crippen molar-refractivity contribution in [2.24, 2.45) is 0 Å². The van der Waals surface area contributed by atoms with Gasteiger partial charge in [0.25, 0.3) is 0 Å². The van der Waals surface area contributed by atoms with Crippen molar-refractivity contribution in [3.05, 3.63) is 49.2 Å². The number of halogens is 1. The van der Waals surface area contributed by atoms with Crippen molar-refractivity contribution in [1.29, 1.82) is 0 Å². The Bertz CT molecular complexity index is 319. The number of benzene rings is 1. The first kappa shape index (κ1) is 32.8. The van der Waals surface area contributed by atoms with Gasteiger partial charge >= 0.3 is 52.6 Å². The van der Waals surface area contributed by atoms with E-state index in [0.29, 0.717) is 0 Å². The molecule has 0 aliphatic carbocycles. The molecule has 0 unspecified atom stereocenters. The maximum absolute atomic E-state index is 2.29. The van der Waals surface area contributed by atoms with E-state index in [1.54, 1.807) is 5.92 Å². The molecule has 0 aromatic heterocycles. The molecule has 0 saturated heterocycles. The van der Waals surface area contributed by atoms with Crippen molar-refractivity contribution < 1.29 is 42.0 Å². The fourth-order valence-corrected chi connectivity index (χ4v) is 2.74. The minimum Gasteiger partial charge on any atom is -1.00 e. The van der Waals surface area contributed by atoms with Gasteiger partial charge in [-0.3, -0.25) is 0 Å². The molecule has 1 aromatic carbocycles. The Kier molecular flexibility index (Phi) is 33.0. The van der Waals surface area contributed by atoms with E-state index >= 15 is 0 Å². The molecule has 0 saturated carbocycles. The maximum atomic E-state index is 2.29. The van der Waals surface area contributed by atoms with Crippen LogP contribution in [-0.4, -0.2) is 23.1 Å². The van der Waals surface area contributed by atoms with Crippen LogP contribution in [0.5, 0.6) is 0 Å². The largest absolute Gasteiger partial charge is 2.00 e. The van der Waals surface area contributed by atoms with Gasteiger partial charge in [-0.25, -0.2) is 0 Å². The van der Waals surface area contributed by atoms with Gasteiger partial charge in [0.2, 0.25) is 0 Å². The zero-order valence-corrected chi connectivity index (χ0v) is 20.9. The first-order valence-corrected chi connectivity index (χ1v) is 8.72. The van der Waals surface area contributed by atoms with E-state index < -0.39 is 0 Å². The topological polar surface area (TPSA) is 0 Å². The first-order chi connectivity index (χ1) is 9.84. The Morgan fingerprint density at radius 2 is 1.17 bits per heavy atom. The zero-order chi connectivity index (χ0) is 14.5. The third-order valence-corrected chi connectivity index (χ3v) is 4.17. The van der Waals surface area contributed by atoms with Crippen LogP contribution < -0.4 is 42.0 Å². The quantitative estimate of drug-likeness (QED) is 0.292. The summed E-state index contributed by atoms with van der Waals surface area (Å²) in [6, 6.07) is 10.8. The summed E-state index contributed by atoms with van der Waals surface area (Å²) in [6.45, 7) is 4.57. The van der Waals surface area contributed by atoms with E-state index in [4.69, 9.17) is 0 Å². The van der Waals surface area contributed by atoms with E-state index in [0.717, 1.165) is 0 Å². The van der Waals surface area contributed by atoms with Gasteiger partial charge in [-0.05, 0) is 0 Å². The van der Waals surface area contributed by atoms with Crippen molar-refractivity contribution in [2.75, 3.05) is 0 Å². The SMILES string of the molecule is CCCCCCCCCCCC[C-](C)c1ccccc1.[CH3-].[Cl-].[Mg+2].[Na+]. The molecule has 0 nitrogen and oxygen atoms in total. The molecule has 0 N–H and O–H groups in total. The number of hydrogen-bond donors (Lipinski definition) is 0. The second kappa shape index (κ2) is 24.1. The Labute approximate surface area is 197 Å². The first-order valence-electron chi connectivity index (χ1n) is 8.72. The molecule has 0 fully saturated rings. The van der Waals surface area contributed by atoms with Crippen molar-refractivity contribution in [3.8, 4) is 0 Å². The predicted octanol–water partition coefficient (Wildman–Crippen LogP) is 1.02. The van der Waals surface area contributed by atoms with Crippen LogP contribution in [0.2, 0.25) is 0 Å². The van der Waals surface area contributed by atoms with Crippen molar-refractivity contribution in [2.45, 2.75) is 84.5 Å². The summed E-state index contributed by atoms with van der Waals surface area (Å²) in [5.74, 6) is 1.55. The molecule has 0 heterocycles. The molecule has 1 aromatic rings. The van der Waals surface area contributed by atoms with E-state index in [9.17, 15) is 0 Å². The Morgan fingerprint density at radius 1 is 0.750 bits per heavy atom. The molecule has 0 atom stereocenters. The smallest absolute Gasteiger partial charge is 1.00 e. The molecular weight excluding hydrogens is 335 g/mol. The summed E-state index contributed by atoms with van der Waals surface area (Å²) < 4.78 is 0. The molecule has 1 rings (SSSR count). The van der Waals surface area contributed by atoms with Gasteiger partial charge in [-0.1, -0.05) is 90.5 Å². The van der Waals surface area contributed by atoms with Crippen molar-refractivity contribution >= 4 is 23.1 Å². The second-order valence-electron chi connectivity index (χ2n) is 6.08. The molecular formula is C21H36ClMgNa. The molecule has 130 valence electrons. The summed E-state index contributed by atoms with van der Waals surface area (Å²) in [4.78, 5) is 0. The van der Waals surface area contributed by atoms with Crippen molar-refractivity contribution in [1.82, 2.24) is 0 Å². The summed E-state index contributed by atoms with van der Waals surface area (Å²) in [6.07, 6.45) is 15.5. The molecule has 3 heteroatoms. The minimum atomic E-state index is 0. The fourth-order valence-electron chi connectivity index (χ4n) is 2.74. The van der Waals surface area contributed by atoms with Gasteiger partial charge in [0.1, 0.15) is 0 Å². The average molecular weight is 371 g/mol. The third kappa shape index (κ3) is 18.0. The second-order valence-corrected chi connectivity index (χ2v) is 6.08. The van der Waals surface area contributed by atoms with Crippen LogP contribution in [0.3, 0.4) is 0 Å². The van der Waals surface area contributed by atoms with Gasteiger partial charge < -0.3 is 19.8 Å². The third-order valence-electron chi connectivity index (χ3n) is 4.17. The summed E-state index contributed by atoms with van der Waals surface area (Å²) >= 11 is 0. The standard InChI is InChI=1S/C20H33.CH3.ClH.Mg.Na/c1-3-4-5-6-7-8-9-10-11-13-16-19(2)20-17-14-12-15-18-20;;;;/h12,14-15,17-18H,3-11,13,16H2,1-2H3;1H3;1H;;/q2*-1;;+2;+1/p-1. The fraction of sp³-hybridized carbons (Fsp3) is 0.619. The molecule has 24 heavy (non-hydrogen) atoms. The van der Waals surface area contributed by atoms with Gasteiger partial charge in [-0.15, -0.1) is 12.1 Å². The number of rotatable bonds is 12. The number of hydrogen-bond acceptors (Lipinski definition) is 0. The van der Waals surface area contributed by atoms with Crippen LogP contribution in [-0.2, 0) is 0 Å². The Balaban J connectivity index is -0.000000500. The van der Waals surface area contributed by atoms with Gasteiger partial charge in [0.15, 0.2) is 0 Å². The van der Waals surface area contributed by atoms with E-state index in [1.807, 2.05) is 0 Å². The predicted molar refractivity (Wildman–Crippen MR) is 103 cm³/mol. The van der Waals surface area contributed by atoms with E-state index in [2.05, 4.69) is 44.2 Å². The van der Waals surface area contributed by atoms with Crippen LogP contribution in [0.25, 0.3) is 0 Å². The summed E-state index contributed by atoms with van der Waals surface area (Å²) in [5, 5.41) is 0. The van der Waals surface area contributed by atoms with Gasteiger partial charge in [-0.2, -0.15) is 23.6 Å². The van der Waals surface area contributed by atoms with Crippen LogP contribution >= 0.6 is 0 Å². The van der Waals surface area contributed by atoms with Crippen LogP contribution in [0.4, 0.5) is 0 Å². The molecule has 0 spiro atoms. The Morgan fingerprint density at radius 3 is 1.62 bits per heavy atom. The normalized spacial score (nSPS) is 8.92. The van der Waals surface area contributed by atoms with E-state index in [1.165, 1.54) is 76.2 Å². The summed E-state index contributed by atoms with van der Waals surface area (Å²) in [5.41, 5.74) is 1.42. The molecule has 0 radical (unpaired) electrons. The van der Waals surface area contributed by atoms with E-state index in [-0.39, 0.29) is 72.4 Å². The van der Waals surface area contributed by atoms with Gasteiger partial charge in [0.05, 0.1) is 0 Å². The summed E-state index contributed by atoms with van der Waals surface area (Å²) in [7, 11) is 0. The van der Waals surface area contributed by atoms with Crippen LogP contribution in [0.15, 0.2) is 30.3 Å².